The number of rotatable bonds is 2. The molecule has 0 N–H and O–H groups in total. The fourth-order valence-corrected chi connectivity index (χ4v) is 3.26. The van der Waals surface area contributed by atoms with Crippen LogP contribution >= 0.6 is 31.9 Å². The highest BCUT2D eigenvalue weighted by Crippen LogP contribution is 2.27. The second-order valence-electron chi connectivity index (χ2n) is 5.89. The van der Waals surface area contributed by atoms with Crippen LogP contribution in [0.5, 0.6) is 0 Å². The lowest BCUT2D eigenvalue weighted by Gasteiger charge is -2.03. The summed E-state index contributed by atoms with van der Waals surface area (Å²) >= 11 is 6.96. The Morgan fingerprint density at radius 1 is 0.567 bits per heavy atom. The van der Waals surface area contributed by atoms with Crippen LogP contribution in [0.1, 0.15) is 22.3 Å². The molecule has 0 amide bonds. The van der Waals surface area contributed by atoms with E-state index in [9.17, 15) is 20.2 Å². The van der Waals surface area contributed by atoms with Crippen molar-refractivity contribution in [2.24, 2.45) is 0 Å². The van der Waals surface area contributed by atoms with E-state index in [1.165, 1.54) is 24.3 Å². The summed E-state index contributed by atoms with van der Waals surface area (Å²) in [6.45, 7) is 0. The van der Waals surface area contributed by atoms with Crippen LogP contribution in [0.15, 0.2) is 69.6 Å². The Kier molecular flexibility index (Phi) is 6.63. The molecule has 0 aliphatic carbocycles. The number of benzene rings is 3. The van der Waals surface area contributed by atoms with Gasteiger partial charge in [0, 0.05) is 44.3 Å². The maximum atomic E-state index is 10.8. The minimum Gasteiger partial charge on any atom is -0.258 e. The lowest BCUT2D eigenvalue weighted by Crippen LogP contribution is -1.90. The Morgan fingerprint density at radius 3 is 1.20 bits per heavy atom. The monoisotopic (exact) mass is 524 g/mol. The second kappa shape index (κ2) is 9.36. The quantitative estimate of drug-likeness (QED) is 0.239. The molecule has 0 aliphatic heterocycles. The predicted molar refractivity (Wildman–Crippen MR) is 120 cm³/mol. The molecule has 0 radical (unpaired) electrons. The van der Waals surface area contributed by atoms with Gasteiger partial charge in [-0.05, 0) is 68.3 Å². The first kappa shape index (κ1) is 21.3. The number of nitrogens with zero attached hydrogens (tertiary/aromatic N) is 2. The van der Waals surface area contributed by atoms with Crippen molar-refractivity contribution in [2.45, 2.75) is 0 Å². The Morgan fingerprint density at radius 2 is 0.900 bits per heavy atom. The summed E-state index contributed by atoms with van der Waals surface area (Å²) in [5.41, 5.74) is 2.55. The molecule has 30 heavy (non-hydrogen) atoms. The summed E-state index contributed by atoms with van der Waals surface area (Å²) in [6.07, 6.45) is 0. The average molecular weight is 526 g/mol. The van der Waals surface area contributed by atoms with Crippen LogP contribution in [0.4, 0.5) is 11.4 Å². The molecule has 0 saturated carbocycles. The third-order valence-electron chi connectivity index (χ3n) is 3.92. The molecular weight excluding hydrogens is 516 g/mol. The summed E-state index contributed by atoms with van der Waals surface area (Å²) < 4.78 is 1.49. The van der Waals surface area contributed by atoms with Gasteiger partial charge in [0.1, 0.15) is 0 Å². The SMILES string of the molecule is O=[N+]([O-])c1ccc(C#Cc2c(Br)ccc(Br)c2C#Cc2ccc([N+](=O)[O-])cc2)cc1. The highest BCUT2D eigenvalue weighted by atomic mass is 79.9. The Bertz CT molecular complexity index is 1160. The third kappa shape index (κ3) is 5.12. The van der Waals surface area contributed by atoms with Crippen molar-refractivity contribution >= 4 is 43.2 Å². The minimum atomic E-state index is -0.464. The first-order chi connectivity index (χ1) is 14.3. The van der Waals surface area contributed by atoms with Crippen molar-refractivity contribution in [3.8, 4) is 23.7 Å². The molecule has 146 valence electrons. The highest BCUT2D eigenvalue weighted by molar-refractivity contribution is 9.11. The molecule has 0 bridgehead atoms. The fraction of sp³-hybridized carbons (Fsp3) is 0. The standard InChI is InChI=1S/C22H10Br2N2O4/c23-21-13-14-22(24)20(12-6-16-3-9-18(10-4-16)26(29)30)19(21)11-5-15-1-7-17(8-2-15)25(27)28/h1-4,7-10,13-14H. The summed E-state index contributed by atoms with van der Waals surface area (Å²) in [5.74, 6) is 12.1. The van der Waals surface area contributed by atoms with E-state index in [2.05, 4.69) is 55.5 Å². The molecule has 3 aromatic carbocycles. The third-order valence-corrected chi connectivity index (χ3v) is 5.25. The average Bonchev–Trinajstić information content (AvgIpc) is 2.74. The van der Waals surface area contributed by atoms with Crippen molar-refractivity contribution in [1.82, 2.24) is 0 Å². The Balaban J connectivity index is 1.97. The summed E-state index contributed by atoms with van der Waals surface area (Å²) in [5, 5.41) is 21.5. The molecule has 0 heterocycles. The van der Waals surface area contributed by atoms with Gasteiger partial charge < -0.3 is 0 Å². The van der Waals surface area contributed by atoms with Crippen molar-refractivity contribution in [3.05, 3.63) is 112 Å². The molecule has 0 saturated heterocycles. The van der Waals surface area contributed by atoms with Crippen molar-refractivity contribution < 1.29 is 9.85 Å². The molecule has 0 aliphatic rings. The van der Waals surface area contributed by atoms with Crippen molar-refractivity contribution in [2.75, 3.05) is 0 Å². The number of hydrogen-bond acceptors (Lipinski definition) is 4. The van der Waals surface area contributed by atoms with E-state index >= 15 is 0 Å². The van der Waals surface area contributed by atoms with Crippen LogP contribution in [0.2, 0.25) is 0 Å². The first-order valence-electron chi connectivity index (χ1n) is 8.36. The van der Waals surface area contributed by atoms with Gasteiger partial charge in [0.05, 0.1) is 21.0 Å². The lowest BCUT2D eigenvalue weighted by molar-refractivity contribution is -0.385. The summed E-state index contributed by atoms with van der Waals surface area (Å²) in [6, 6.07) is 15.6. The van der Waals surface area contributed by atoms with Gasteiger partial charge >= 0.3 is 0 Å². The van der Waals surface area contributed by atoms with E-state index < -0.39 is 9.85 Å². The normalized spacial score (nSPS) is 9.67. The fourth-order valence-electron chi connectivity index (χ4n) is 2.40. The number of nitro groups is 2. The van der Waals surface area contributed by atoms with E-state index in [0.717, 1.165) is 8.95 Å². The number of nitro benzene ring substituents is 2. The number of halogens is 2. The van der Waals surface area contributed by atoms with E-state index in [0.29, 0.717) is 22.3 Å². The number of hydrogen-bond donors (Lipinski definition) is 0. The molecule has 6 nitrogen and oxygen atoms in total. The Labute approximate surface area is 188 Å². The molecule has 0 aromatic heterocycles. The van der Waals surface area contributed by atoms with Crippen LogP contribution in [-0.2, 0) is 0 Å². The van der Waals surface area contributed by atoms with Gasteiger partial charge in [0.15, 0.2) is 0 Å². The van der Waals surface area contributed by atoms with Crippen LogP contribution in [0, 0.1) is 43.9 Å². The van der Waals surface area contributed by atoms with Crippen LogP contribution < -0.4 is 0 Å². The van der Waals surface area contributed by atoms with Crippen LogP contribution in [-0.4, -0.2) is 9.85 Å². The maximum Gasteiger partial charge on any atom is 0.269 e. The summed E-state index contributed by atoms with van der Waals surface area (Å²) in [7, 11) is 0. The first-order valence-corrected chi connectivity index (χ1v) is 9.94. The van der Waals surface area contributed by atoms with E-state index in [1.807, 2.05) is 12.1 Å². The zero-order valence-electron chi connectivity index (χ0n) is 15.1. The summed E-state index contributed by atoms with van der Waals surface area (Å²) in [4.78, 5) is 20.6. The van der Waals surface area contributed by atoms with Crippen LogP contribution in [0.25, 0.3) is 0 Å². The topological polar surface area (TPSA) is 86.3 Å². The molecule has 0 spiro atoms. The molecule has 0 unspecified atom stereocenters. The van der Waals surface area contributed by atoms with Crippen molar-refractivity contribution in [1.29, 1.82) is 0 Å². The van der Waals surface area contributed by atoms with Crippen molar-refractivity contribution in [3.63, 3.8) is 0 Å². The zero-order valence-corrected chi connectivity index (χ0v) is 18.2. The van der Waals surface area contributed by atoms with Gasteiger partial charge in [-0.15, -0.1) is 0 Å². The molecule has 0 fully saturated rings. The Hall–Kier alpha value is -3.46. The van der Waals surface area contributed by atoms with Gasteiger partial charge in [0.2, 0.25) is 0 Å². The van der Waals surface area contributed by atoms with Gasteiger partial charge in [-0.1, -0.05) is 23.7 Å². The molecule has 0 atom stereocenters. The lowest BCUT2D eigenvalue weighted by atomic mass is 10.1. The zero-order chi connectivity index (χ0) is 21.7. The van der Waals surface area contributed by atoms with Gasteiger partial charge in [-0.25, -0.2) is 0 Å². The molecule has 3 rings (SSSR count). The molecular formula is C22H10Br2N2O4. The maximum absolute atomic E-state index is 10.8. The van der Waals surface area contributed by atoms with Gasteiger partial charge in [-0.3, -0.25) is 20.2 Å². The van der Waals surface area contributed by atoms with Gasteiger partial charge in [0.25, 0.3) is 11.4 Å². The van der Waals surface area contributed by atoms with Crippen LogP contribution in [0.3, 0.4) is 0 Å². The second-order valence-corrected chi connectivity index (χ2v) is 7.60. The number of non-ortho nitro benzene ring substituents is 2. The molecule has 3 aromatic rings. The smallest absolute Gasteiger partial charge is 0.258 e. The van der Waals surface area contributed by atoms with E-state index in [4.69, 9.17) is 0 Å². The van der Waals surface area contributed by atoms with E-state index in [1.54, 1.807) is 24.3 Å². The highest BCUT2D eigenvalue weighted by Gasteiger charge is 2.08. The molecule has 8 heteroatoms. The van der Waals surface area contributed by atoms with Gasteiger partial charge in [-0.2, -0.15) is 0 Å². The minimum absolute atomic E-state index is 0.00107. The van der Waals surface area contributed by atoms with E-state index in [-0.39, 0.29) is 11.4 Å². The predicted octanol–water partition coefficient (Wildman–Crippen LogP) is 5.83. The largest absolute Gasteiger partial charge is 0.269 e.